The van der Waals surface area contributed by atoms with Crippen LogP contribution in [0.4, 0.5) is 0 Å². The maximum Gasteiger partial charge on any atom is 0.186 e. The summed E-state index contributed by atoms with van der Waals surface area (Å²) in [6, 6.07) is 0. The number of aliphatic hydroxyl groups excluding tert-OH is 1. The first-order valence-corrected chi connectivity index (χ1v) is 3.84. The third-order valence-electron chi connectivity index (χ3n) is 2.02. The standard InChI is InChI=1S/C9H14O2/c1-6-4-9(2,3)5-7(10)8(6)11/h4,7,10H,5H2,1-3H3. The number of Topliss-reactive ketones (excluding diaryl/α,β-unsaturated/α-hetero) is 1. The largest absolute Gasteiger partial charge is 0.385 e. The molecule has 0 aromatic carbocycles. The normalized spacial score (nSPS) is 30.0. The first kappa shape index (κ1) is 8.47. The minimum absolute atomic E-state index is 0.0303. The molecule has 0 bridgehead atoms. The van der Waals surface area contributed by atoms with Crippen LogP contribution >= 0.6 is 0 Å². The number of ketones is 1. The Bertz CT molecular complexity index is 214. The van der Waals surface area contributed by atoms with Crippen molar-refractivity contribution < 1.29 is 9.90 Å². The van der Waals surface area contributed by atoms with Gasteiger partial charge in [0.25, 0.3) is 0 Å². The van der Waals surface area contributed by atoms with Crippen molar-refractivity contribution in [2.45, 2.75) is 33.3 Å². The van der Waals surface area contributed by atoms with Crippen molar-refractivity contribution in [3.8, 4) is 0 Å². The number of carbonyl (C=O) groups excluding carboxylic acids is 1. The zero-order valence-electron chi connectivity index (χ0n) is 7.22. The molecule has 11 heavy (non-hydrogen) atoms. The maximum atomic E-state index is 11.1. The molecule has 0 aromatic heterocycles. The van der Waals surface area contributed by atoms with E-state index >= 15 is 0 Å². The number of rotatable bonds is 0. The van der Waals surface area contributed by atoms with E-state index in [1.165, 1.54) is 0 Å². The van der Waals surface area contributed by atoms with Gasteiger partial charge in [0.05, 0.1) is 0 Å². The fraction of sp³-hybridized carbons (Fsp3) is 0.667. The van der Waals surface area contributed by atoms with Gasteiger partial charge in [-0.1, -0.05) is 19.9 Å². The average molecular weight is 154 g/mol. The zero-order chi connectivity index (χ0) is 8.65. The van der Waals surface area contributed by atoms with E-state index in [1.54, 1.807) is 6.92 Å². The Morgan fingerprint density at radius 1 is 1.64 bits per heavy atom. The number of hydrogen-bond acceptors (Lipinski definition) is 2. The summed E-state index contributed by atoms with van der Waals surface area (Å²) in [5.74, 6) is -0.121. The summed E-state index contributed by atoms with van der Waals surface area (Å²) < 4.78 is 0. The Kier molecular flexibility index (Phi) is 1.89. The van der Waals surface area contributed by atoms with E-state index in [1.807, 2.05) is 19.9 Å². The summed E-state index contributed by atoms with van der Waals surface area (Å²) in [5.41, 5.74) is 0.658. The SMILES string of the molecule is CC1=CC(C)(C)CC(O)C1=O. The van der Waals surface area contributed by atoms with Gasteiger partial charge in [0.1, 0.15) is 6.10 Å². The minimum atomic E-state index is -0.782. The van der Waals surface area contributed by atoms with Gasteiger partial charge in [-0.3, -0.25) is 4.79 Å². The van der Waals surface area contributed by atoms with Crippen molar-refractivity contribution in [2.24, 2.45) is 5.41 Å². The van der Waals surface area contributed by atoms with Gasteiger partial charge in [0, 0.05) is 0 Å². The molecule has 1 aliphatic rings. The first-order chi connectivity index (χ1) is 4.92. The number of aliphatic hydroxyl groups is 1. The molecule has 2 nitrogen and oxygen atoms in total. The Balaban J connectivity index is 2.94. The molecule has 0 amide bonds. The lowest BCUT2D eigenvalue weighted by atomic mass is 9.78. The molecule has 0 saturated heterocycles. The van der Waals surface area contributed by atoms with Gasteiger partial charge in [-0.05, 0) is 24.3 Å². The van der Waals surface area contributed by atoms with Gasteiger partial charge in [-0.25, -0.2) is 0 Å². The van der Waals surface area contributed by atoms with Crippen LogP contribution in [-0.2, 0) is 4.79 Å². The van der Waals surface area contributed by atoms with E-state index in [-0.39, 0.29) is 11.2 Å². The molecule has 0 aliphatic heterocycles. The molecule has 1 N–H and O–H groups in total. The van der Waals surface area contributed by atoms with Crippen LogP contribution in [0.5, 0.6) is 0 Å². The van der Waals surface area contributed by atoms with Gasteiger partial charge < -0.3 is 5.11 Å². The van der Waals surface area contributed by atoms with Gasteiger partial charge in [-0.15, -0.1) is 0 Å². The van der Waals surface area contributed by atoms with Gasteiger partial charge in [0.15, 0.2) is 5.78 Å². The van der Waals surface area contributed by atoms with E-state index in [4.69, 9.17) is 0 Å². The molecule has 0 fully saturated rings. The molecular weight excluding hydrogens is 140 g/mol. The second-order valence-electron chi connectivity index (χ2n) is 3.90. The van der Waals surface area contributed by atoms with Crippen molar-refractivity contribution in [3.05, 3.63) is 11.6 Å². The van der Waals surface area contributed by atoms with Crippen LogP contribution in [-0.4, -0.2) is 17.0 Å². The Morgan fingerprint density at radius 2 is 2.18 bits per heavy atom. The summed E-state index contributed by atoms with van der Waals surface area (Å²) in [4.78, 5) is 11.1. The Hall–Kier alpha value is -0.630. The lowest BCUT2D eigenvalue weighted by Gasteiger charge is -2.28. The monoisotopic (exact) mass is 154 g/mol. The molecule has 0 spiro atoms. The predicted molar refractivity (Wildman–Crippen MR) is 43.2 cm³/mol. The fourth-order valence-corrected chi connectivity index (χ4v) is 1.57. The van der Waals surface area contributed by atoms with Crippen LogP contribution in [0, 0.1) is 5.41 Å². The van der Waals surface area contributed by atoms with E-state index < -0.39 is 6.10 Å². The number of carbonyl (C=O) groups is 1. The van der Waals surface area contributed by atoms with Gasteiger partial charge in [0.2, 0.25) is 0 Å². The van der Waals surface area contributed by atoms with E-state index in [0.29, 0.717) is 12.0 Å². The van der Waals surface area contributed by atoms with Crippen molar-refractivity contribution in [1.82, 2.24) is 0 Å². The summed E-state index contributed by atoms with van der Waals surface area (Å²) >= 11 is 0. The molecule has 1 unspecified atom stereocenters. The highest BCUT2D eigenvalue weighted by molar-refractivity contribution is 5.99. The Morgan fingerprint density at radius 3 is 2.64 bits per heavy atom. The third kappa shape index (κ3) is 1.69. The molecule has 0 heterocycles. The maximum absolute atomic E-state index is 11.1. The smallest absolute Gasteiger partial charge is 0.186 e. The summed E-state index contributed by atoms with van der Waals surface area (Å²) in [5, 5.41) is 9.29. The summed E-state index contributed by atoms with van der Waals surface area (Å²) in [7, 11) is 0. The van der Waals surface area contributed by atoms with Gasteiger partial charge in [-0.2, -0.15) is 0 Å². The average Bonchev–Trinajstić information content (AvgIpc) is 1.81. The van der Waals surface area contributed by atoms with Crippen LogP contribution in [0.25, 0.3) is 0 Å². The quantitative estimate of drug-likeness (QED) is 0.571. The van der Waals surface area contributed by atoms with E-state index in [0.717, 1.165) is 0 Å². The lowest BCUT2D eigenvalue weighted by Crippen LogP contribution is -2.32. The summed E-state index contributed by atoms with van der Waals surface area (Å²) in [6.45, 7) is 5.80. The van der Waals surface area contributed by atoms with Crippen LogP contribution < -0.4 is 0 Å². The van der Waals surface area contributed by atoms with Crippen LogP contribution in [0.3, 0.4) is 0 Å². The molecule has 62 valence electrons. The van der Waals surface area contributed by atoms with Crippen molar-refractivity contribution in [3.63, 3.8) is 0 Å². The Labute approximate surface area is 66.9 Å². The minimum Gasteiger partial charge on any atom is -0.385 e. The highest BCUT2D eigenvalue weighted by Crippen LogP contribution is 2.31. The van der Waals surface area contributed by atoms with E-state index in [9.17, 15) is 9.90 Å². The number of allylic oxidation sites excluding steroid dienone is 1. The van der Waals surface area contributed by atoms with E-state index in [2.05, 4.69) is 0 Å². The molecule has 1 aliphatic carbocycles. The zero-order valence-corrected chi connectivity index (χ0v) is 7.22. The van der Waals surface area contributed by atoms with Crippen LogP contribution in [0.2, 0.25) is 0 Å². The highest BCUT2D eigenvalue weighted by atomic mass is 16.3. The molecule has 0 radical (unpaired) electrons. The molecule has 1 rings (SSSR count). The fourth-order valence-electron chi connectivity index (χ4n) is 1.57. The van der Waals surface area contributed by atoms with Crippen LogP contribution in [0.1, 0.15) is 27.2 Å². The number of hydrogen-bond donors (Lipinski definition) is 1. The highest BCUT2D eigenvalue weighted by Gasteiger charge is 2.30. The van der Waals surface area contributed by atoms with Crippen molar-refractivity contribution in [2.75, 3.05) is 0 Å². The summed E-state index contributed by atoms with van der Waals surface area (Å²) in [6.07, 6.45) is 1.70. The third-order valence-corrected chi connectivity index (χ3v) is 2.02. The second-order valence-corrected chi connectivity index (χ2v) is 3.90. The molecule has 1 atom stereocenters. The second kappa shape index (κ2) is 2.45. The van der Waals surface area contributed by atoms with Crippen molar-refractivity contribution >= 4 is 5.78 Å². The topological polar surface area (TPSA) is 37.3 Å². The first-order valence-electron chi connectivity index (χ1n) is 3.84. The van der Waals surface area contributed by atoms with Gasteiger partial charge >= 0.3 is 0 Å². The molecular formula is C9H14O2. The molecule has 0 saturated carbocycles. The lowest BCUT2D eigenvalue weighted by molar-refractivity contribution is -0.125. The predicted octanol–water partition coefficient (Wildman–Crippen LogP) is 1.29. The van der Waals surface area contributed by atoms with Crippen LogP contribution in [0.15, 0.2) is 11.6 Å². The molecule has 2 heteroatoms. The van der Waals surface area contributed by atoms with Crippen molar-refractivity contribution in [1.29, 1.82) is 0 Å². The molecule has 0 aromatic rings.